The van der Waals surface area contributed by atoms with Crippen LogP contribution in [0.2, 0.25) is 5.15 Å². The number of rotatable bonds is 6. The summed E-state index contributed by atoms with van der Waals surface area (Å²) >= 11 is 7.49. The molecule has 0 spiro atoms. The van der Waals surface area contributed by atoms with E-state index in [9.17, 15) is 10.1 Å². The smallest absolute Gasteiger partial charge is 0.271 e. The molecule has 2 heterocycles. The molecular weight excluding hydrogens is 358 g/mol. The normalized spacial score (nSPS) is 14.6. The van der Waals surface area contributed by atoms with Crippen molar-refractivity contribution in [3.05, 3.63) is 46.8 Å². The van der Waals surface area contributed by atoms with Gasteiger partial charge in [-0.3, -0.25) is 9.78 Å². The summed E-state index contributed by atoms with van der Waals surface area (Å²) in [5, 5.41) is 12.4. The zero-order chi connectivity index (χ0) is 17.9. The van der Waals surface area contributed by atoms with Crippen molar-refractivity contribution in [3.63, 3.8) is 0 Å². The highest BCUT2D eigenvalue weighted by molar-refractivity contribution is 7.99. The predicted molar refractivity (Wildman–Crippen MR) is 95.4 cm³/mol. The van der Waals surface area contributed by atoms with Crippen LogP contribution in [0.25, 0.3) is 0 Å². The topological polar surface area (TPSA) is 91.6 Å². The number of carbonyl (C=O) groups is 1. The number of amides is 1. The first-order chi connectivity index (χ1) is 12.1. The van der Waals surface area contributed by atoms with Gasteiger partial charge in [0, 0.05) is 23.5 Å². The molecule has 2 aromatic heterocycles. The first-order valence-corrected chi connectivity index (χ1v) is 9.24. The molecular formula is C17H16ClN5OS. The quantitative estimate of drug-likeness (QED) is 0.782. The standard InChI is InChI=1S/C17H16ClN5OS/c1-2-25-13-7-11(17(10-19)3-4-17)8-22-14(13)16(24)23-9-12-15(18)21-6-5-20-12/h5-8H,2-4,9H2,1H3,(H,23,24). The number of nitrogens with one attached hydrogen (secondary N) is 1. The first-order valence-electron chi connectivity index (χ1n) is 7.88. The van der Waals surface area contributed by atoms with Crippen molar-refractivity contribution >= 4 is 29.3 Å². The van der Waals surface area contributed by atoms with Crippen molar-refractivity contribution in [3.8, 4) is 6.07 Å². The van der Waals surface area contributed by atoms with E-state index >= 15 is 0 Å². The minimum absolute atomic E-state index is 0.174. The van der Waals surface area contributed by atoms with Crippen LogP contribution < -0.4 is 5.32 Å². The summed E-state index contributed by atoms with van der Waals surface area (Å²) in [5.41, 5.74) is 1.32. The average Bonchev–Trinajstić information content (AvgIpc) is 3.42. The average molecular weight is 374 g/mol. The number of thioether (sulfide) groups is 1. The summed E-state index contributed by atoms with van der Waals surface area (Å²) in [7, 11) is 0. The second-order valence-electron chi connectivity index (χ2n) is 5.67. The molecule has 0 atom stereocenters. The van der Waals surface area contributed by atoms with Crippen LogP contribution >= 0.6 is 23.4 Å². The molecule has 0 aromatic carbocycles. The molecule has 128 valence electrons. The van der Waals surface area contributed by atoms with E-state index < -0.39 is 5.41 Å². The van der Waals surface area contributed by atoms with Gasteiger partial charge in [0.25, 0.3) is 5.91 Å². The van der Waals surface area contributed by atoms with Crippen LogP contribution in [-0.4, -0.2) is 26.6 Å². The summed E-state index contributed by atoms with van der Waals surface area (Å²) in [6.45, 7) is 2.18. The Kier molecular flexibility index (Phi) is 5.21. The van der Waals surface area contributed by atoms with Gasteiger partial charge in [0.2, 0.25) is 0 Å². The third-order valence-corrected chi connectivity index (χ3v) is 5.25. The zero-order valence-corrected chi connectivity index (χ0v) is 15.2. The maximum absolute atomic E-state index is 12.5. The Morgan fingerprint density at radius 2 is 2.16 bits per heavy atom. The number of nitriles is 1. The lowest BCUT2D eigenvalue weighted by Crippen LogP contribution is -2.25. The lowest BCUT2D eigenvalue weighted by Gasteiger charge is -2.12. The number of pyridine rings is 1. The van der Waals surface area contributed by atoms with Crippen molar-refractivity contribution in [2.45, 2.75) is 36.6 Å². The van der Waals surface area contributed by atoms with Crippen LogP contribution in [-0.2, 0) is 12.0 Å². The molecule has 1 fully saturated rings. The molecule has 0 radical (unpaired) electrons. The van der Waals surface area contributed by atoms with Crippen molar-refractivity contribution in [2.75, 3.05) is 5.75 Å². The van der Waals surface area contributed by atoms with Crippen molar-refractivity contribution < 1.29 is 4.79 Å². The fourth-order valence-electron chi connectivity index (χ4n) is 2.45. The molecule has 3 rings (SSSR count). The molecule has 2 aromatic rings. The molecule has 1 aliphatic carbocycles. The van der Waals surface area contributed by atoms with Gasteiger partial charge in [0.05, 0.1) is 23.7 Å². The molecule has 6 nitrogen and oxygen atoms in total. The van der Waals surface area contributed by atoms with Crippen molar-refractivity contribution in [2.24, 2.45) is 0 Å². The van der Waals surface area contributed by atoms with E-state index in [2.05, 4.69) is 26.3 Å². The van der Waals surface area contributed by atoms with Gasteiger partial charge in [-0.05, 0) is 30.2 Å². The van der Waals surface area contributed by atoms with E-state index in [1.54, 1.807) is 6.20 Å². The highest BCUT2D eigenvalue weighted by Gasteiger charge is 2.45. The van der Waals surface area contributed by atoms with Gasteiger partial charge >= 0.3 is 0 Å². The van der Waals surface area contributed by atoms with E-state index in [1.807, 2.05) is 13.0 Å². The van der Waals surface area contributed by atoms with Crippen LogP contribution in [0.4, 0.5) is 0 Å². The second kappa shape index (κ2) is 7.38. The minimum Gasteiger partial charge on any atom is -0.345 e. The highest BCUT2D eigenvalue weighted by Crippen LogP contribution is 2.48. The van der Waals surface area contributed by atoms with Gasteiger partial charge < -0.3 is 5.32 Å². The van der Waals surface area contributed by atoms with Gasteiger partial charge in [-0.25, -0.2) is 9.97 Å². The van der Waals surface area contributed by atoms with E-state index in [0.29, 0.717) is 11.4 Å². The van der Waals surface area contributed by atoms with Gasteiger partial charge in [-0.2, -0.15) is 5.26 Å². The first kappa shape index (κ1) is 17.6. The Morgan fingerprint density at radius 1 is 1.40 bits per heavy atom. The molecule has 1 aliphatic rings. The number of halogens is 1. The van der Waals surface area contributed by atoms with Crippen molar-refractivity contribution in [1.82, 2.24) is 20.3 Å². The van der Waals surface area contributed by atoms with Crippen LogP contribution in [0.3, 0.4) is 0 Å². The largest absolute Gasteiger partial charge is 0.345 e. The second-order valence-corrected chi connectivity index (χ2v) is 7.34. The molecule has 0 bridgehead atoms. The number of aromatic nitrogens is 3. The molecule has 25 heavy (non-hydrogen) atoms. The maximum Gasteiger partial charge on any atom is 0.271 e. The Hall–Kier alpha value is -2.17. The van der Waals surface area contributed by atoms with Gasteiger partial charge in [0.15, 0.2) is 5.15 Å². The predicted octanol–water partition coefficient (Wildman–Crippen LogP) is 3.12. The Bertz CT molecular complexity index is 847. The summed E-state index contributed by atoms with van der Waals surface area (Å²) in [4.78, 5) is 25.7. The summed E-state index contributed by atoms with van der Waals surface area (Å²) in [5.74, 6) is 0.507. The molecule has 1 saturated carbocycles. The Labute approximate surface area is 155 Å². The summed E-state index contributed by atoms with van der Waals surface area (Å²) < 4.78 is 0. The molecule has 0 saturated heterocycles. The lowest BCUT2D eigenvalue weighted by atomic mass is 9.99. The maximum atomic E-state index is 12.5. The summed E-state index contributed by atoms with van der Waals surface area (Å²) in [6, 6.07) is 4.28. The fraction of sp³-hybridized carbons (Fsp3) is 0.353. The van der Waals surface area contributed by atoms with Crippen molar-refractivity contribution in [1.29, 1.82) is 5.26 Å². The van der Waals surface area contributed by atoms with E-state index in [1.165, 1.54) is 24.2 Å². The van der Waals surface area contributed by atoms with Crippen LogP contribution in [0.1, 0.15) is 41.5 Å². The van der Waals surface area contributed by atoms with Gasteiger partial charge in [-0.15, -0.1) is 11.8 Å². The number of nitrogens with zero attached hydrogens (tertiary/aromatic N) is 4. The van der Waals surface area contributed by atoms with Crippen LogP contribution in [0.15, 0.2) is 29.6 Å². The number of hydrogen-bond donors (Lipinski definition) is 1. The van der Waals surface area contributed by atoms with E-state index in [0.717, 1.165) is 29.1 Å². The third kappa shape index (κ3) is 3.75. The third-order valence-electron chi connectivity index (χ3n) is 4.02. The zero-order valence-electron chi connectivity index (χ0n) is 13.6. The van der Waals surface area contributed by atoms with Gasteiger partial charge in [0.1, 0.15) is 5.69 Å². The molecule has 1 amide bonds. The molecule has 1 N–H and O–H groups in total. The SMILES string of the molecule is CCSc1cc(C2(C#N)CC2)cnc1C(=O)NCc1nccnc1Cl. The van der Waals surface area contributed by atoms with E-state index in [4.69, 9.17) is 11.6 Å². The fourth-order valence-corrected chi connectivity index (χ4v) is 3.42. The molecule has 8 heteroatoms. The minimum atomic E-state index is -0.418. The van der Waals surface area contributed by atoms with Crippen LogP contribution in [0.5, 0.6) is 0 Å². The van der Waals surface area contributed by atoms with E-state index in [-0.39, 0.29) is 17.6 Å². The number of carbonyl (C=O) groups excluding carboxylic acids is 1. The molecule has 0 unspecified atom stereocenters. The highest BCUT2D eigenvalue weighted by atomic mass is 35.5. The Balaban J connectivity index is 1.80. The van der Waals surface area contributed by atoms with Gasteiger partial charge in [-0.1, -0.05) is 18.5 Å². The van der Waals surface area contributed by atoms with Crippen LogP contribution in [0, 0.1) is 11.3 Å². The summed E-state index contributed by atoms with van der Waals surface area (Å²) in [6.07, 6.45) is 6.35. The number of hydrogen-bond acceptors (Lipinski definition) is 6. The Morgan fingerprint density at radius 3 is 2.80 bits per heavy atom. The lowest BCUT2D eigenvalue weighted by molar-refractivity contribution is 0.0942. The molecule has 0 aliphatic heterocycles. The monoisotopic (exact) mass is 373 g/mol.